The number of nitrogens with one attached hydrogen (secondary N) is 1. The Bertz CT molecular complexity index is 1040. The van der Waals surface area contributed by atoms with Crippen molar-refractivity contribution < 1.29 is 29.6 Å². The lowest BCUT2D eigenvalue weighted by atomic mass is 9.97. The molecule has 8 heteroatoms. The molecule has 0 bridgehead atoms. The Morgan fingerprint density at radius 3 is 2.90 bits per heavy atom. The van der Waals surface area contributed by atoms with E-state index in [1.54, 1.807) is 24.3 Å². The van der Waals surface area contributed by atoms with Crippen molar-refractivity contribution in [2.24, 2.45) is 0 Å². The Hall–Kier alpha value is -2.96. The van der Waals surface area contributed by atoms with E-state index < -0.39 is 43.2 Å². The van der Waals surface area contributed by atoms with Crippen molar-refractivity contribution in [1.82, 2.24) is 10.3 Å². The number of benzene rings is 1. The quantitative estimate of drug-likeness (QED) is 0.501. The Labute approximate surface area is 166 Å². The molecule has 0 aliphatic carbocycles. The van der Waals surface area contributed by atoms with Crippen LogP contribution in [-0.2, 0) is 9.53 Å². The van der Waals surface area contributed by atoms with Gasteiger partial charge >= 0.3 is 0 Å². The Balaban J connectivity index is 1.72. The van der Waals surface area contributed by atoms with Crippen LogP contribution < -0.4 is 10.1 Å². The number of aliphatic hydroxyl groups excluding tert-OH is 3. The second-order valence-corrected chi connectivity index (χ2v) is 6.90. The van der Waals surface area contributed by atoms with E-state index in [4.69, 9.17) is 9.47 Å². The van der Waals surface area contributed by atoms with Gasteiger partial charge in [0.15, 0.2) is 0 Å². The van der Waals surface area contributed by atoms with Gasteiger partial charge in [0.05, 0.1) is 17.5 Å². The zero-order chi connectivity index (χ0) is 20.5. The van der Waals surface area contributed by atoms with Crippen molar-refractivity contribution in [3.05, 3.63) is 48.5 Å². The normalized spacial score (nSPS) is 26.8. The summed E-state index contributed by atoms with van der Waals surface area (Å²) in [6.45, 7) is 0.767. The van der Waals surface area contributed by atoms with Crippen molar-refractivity contribution in [2.75, 3.05) is 6.61 Å². The molecule has 1 fully saturated rings. The lowest BCUT2D eigenvalue weighted by Gasteiger charge is -2.42. The molecule has 2 heterocycles. The number of amides is 1. The standard InChI is InChI=1S/C21H20N2O6/c1-11(25)22-18-20(27)19(26)16(10-24)29-21(18)28-15-8-4-6-13-9-12-5-2-3-7-14(12)23-17(13)15/h3-4,6-9,16,18-21,24,26-27H,10H2,1H3,(H,22,25). The molecule has 0 spiro atoms. The minimum Gasteiger partial charge on any atom is -0.460 e. The first-order valence-electron chi connectivity index (χ1n) is 9.16. The van der Waals surface area contributed by atoms with Gasteiger partial charge in [-0.2, -0.15) is 0 Å². The molecule has 1 aliphatic heterocycles. The van der Waals surface area contributed by atoms with Crippen LogP contribution in [0.1, 0.15) is 6.92 Å². The second-order valence-electron chi connectivity index (χ2n) is 6.90. The molecule has 0 radical (unpaired) electrons. The molecule has 4 N–H and O–H groups in total. The molecule has 29 heavy (non-hydrogen) atoms. The summed E-state index contributed by atoms with van der Waals surface area (Å²) in [7, 11) is 0. The van der Waals surface area contributed by atoms with Gasteiger partial charge in [0.1, 0.15) is 35.6 Å². The average Bonchev–Trinajstić information content (AvgIpc) is 2.72. The first kappa shape index (κ1) is 19.4. The van der Waals surface area contributed by atoms with Gasteiger partial charge in [0.2, 0.25) is 12.2 Å². The van der Waals surface area contributed by atoms with Crippen molar-refractivity contribution in [1.29, 1.82) is 0 Å². The number of rotatable bonds is 4. The van der Waals surface area contributed by atoms with Gasteiger partial charge in [-0.05, 0) is 24.3 Å². The van der Waals surface area contributed by atoms with Gasteiger partial charge in [0.25, 0.3) is 0 Å². The van der Waals surface area contributed by atoms with Gasteiger partial charge in [-0.25, -0.2) is 4.98 Å². The molecule has 0 saturated carbocycles. The number of carbonyl (C=O) groups is 1. The monoisotopic (exact) mass is 396 g/mol. The number of hydrogen-bond donors (Lipinski definition) is 4. The summed E-state index contributed by atoms with van der Waals surface area (Å²) in [5.74, 6) is -0.0485. The van der Waals surface area contributed by atoms with Gasteiger partial charge in [-0.1, -0.05) is 24.3 Å². The molecule has 1 aromatic heterocycles. The number of carbonyl (C=O) groups excluding carboxylic acids is 1. The molecule has 5 atom stereocenters. The largest absolute Gasteiger partial charge is 0.460 e. The van der Waals surface area contributed by atoms with Gasteiger partial charge in [-0.3, -0.25) is 4.79 Å². The van der Waals surface area contributed by atoms with Gasteiger partial charge in [-0.15, -0.1) is 0 Å². The molecular weight excluding hydrogens is 376 g/mol. The third kappa shape index (κ3) is 3.69. The zero-order valence-electron chi connectivity index (χ0n) is 15.6. The number of aromatic nitrogens is 1. The molecule has 3 aromatic rings. The molecular formula is C21H20N2O6. The number of para-hydroxylation sites is 1. The summed E-state index contributed by atoms with van der Waals surface area (Å²) in [6, 6.07) is 15.6. The molecule has 1 saturated heterocycles. The number of aliphatic hydroxyl groups is 3. The van der Waals surface area contributed by atoms with Crippen LogP contribution in [0.5, 0.6) is 5.75 Å². The van der Waals surface area contributed by atoms with Crippen LogP contribution in [0, 0.1) is 12.1 Å². The van der Waals surface area contributed by atoms with E-state index in [1.165, 1.54) is 6.92 Å². The van der Waals surface area contributed by atoms with Crippen molar-refractivity contribution in [3.8, 4) is 5.75 Å². The van der Waals surface area contributed by atoms with E-state index in [1.807, 2.05) is 12.1 Å². The van der Waals surface area contributed by atoms with Crippen LogP contribution in [-0.4, -0.2) is 63.5 Å². The summed E-state index contributed by atoms with van der Waals surface area (Å²) in [5, 5.41) is 34.2. The SMILES string of the molecule is CC(=O)NC1C(Oc2cccc3cc4c#cccc4nc23)OC(CO)C(O)C1O. The average molecular weight is 396 g/mol. The van der Waals surface area contributed by atoms with Crippen LogP contribution in [0.2, 0.25) is 0 Å². The summed E-state index contributed by atoms with van der Waals surface area (Å²) < 4.78 is 11.6. The minimum atomic E-state index is -1.39. The van der Waals surface area contributed by atoms with E-state index in [-0.39, 0.29) is 0 Å². The highest BCUT2D eigenvalue weighted by Gasteiger charge is 2.46. The smallest absolute Gasteiger partial charge is 0.223 e. The maximum absolute atomic E-state index is 11.6. The van der Waals surface area contributed by atoms with E-state index in [0.29, 0.717) is 16.8 Å². The maximum atomic E-state index is 11.6. The van der Waals surface area contributed by atoms with Gasteiger partial charge in [0, 0.05) is 12.3 Å². The topological polar surface area (TPSA) is 121 Å². The highest BCUT2D eigenvalue weighted by Crippen LogP contribution is 2.30. The van der Waals surface area contributed by atoms with Crippen LogP contribution >= 0.6 is 0 Å². The fourth-order valence-electron chi connectivity index (χ4n) is 3.44. The number of fused-ring (bicyclic) bond motifs is 2. The third-order valence-corrected chi connectivity index (χ3v) is 4.86. The van der Waals surface area contributed by atoms with E-state index in [9.17, 15) is 20.1 Å². The summed E-state index contributed by atoms with van der Waals surface area (Å²) in [5.41, 5.74) is 1.27. The van der Waals surface area contributed by atoms with E-state index in [2.05, 4.69) is 22.4 Å². The number of pyridine rings is 1. The second kappa shape index (κ2) is 7.81. The maximum Gasteiger partial charge on any atom is 0.223 e. The highest BCUT2D eigenvalue weighted by molar-refractivity contribution is 5.94. The first-order chi connectivity index (χ1) is 14.0. The molecule has 1 amide bonds. The lowest BCUT2D eigenvalue weighted by Crippen LogP contribution is -2.65. The molecule has 8 nitrogen and oxygen atoms in total. The Kier molecular flexibility index (Phi) is 5.22. The zero-order valence-corrected chi connectivity index (χ0v) is 15.6. The van der Waals surface area contributed by atoms with E-state index in [0.717, 1.165) is 10.8 Å². The predicted octanol–water partition coefficient (Wildman–Crippen LogP) is 0.311. The van der Waals surface area contributed by atoms with Crippen LogP contribution in [0.15, 0.2) is 36.4 Å². The van der Waals surface area contributed by atoms with Crippen LogP contribution in [0.4, 0.5) is 0 Å². The number of ether oxygens (including phenoxy) is 2. The van der Waals surface area contributed by atoms with Gasteiger partial charge < -0.3 is 30.1 Å². The molecule has 4 rings (SSSR count). The minimum absolute atomic E-state index is 0.373. The molecule has 5 unspecified atom stereocenters. The summed E-state index contributed by atoms with van der Waals surface area (Å²) >= 11 is 0. The van der Waals surface area contributed by atoms with Crippen molar-refractivity contribution in [3.63, 3.8) is 0 Å². The fraction of sp³-hybridized carbons (Fsp3) is 0.333. The third-order valence-electron chi connectivity index (χ3n) is 4.86. The van der Waals surface area contributed by atoms with E-state index >= 15 is 0 Å². The molecule has 1 aliphatic rings. The summed E-state index contributed by atoms with van der Waals surface area (Å²) in [4.78, 5) is 16.2. The lowest BCUT2D eigenvalue weighted by molar-refractivity contribution is -0.244. The summed E-state index contributed by atoms with van der Waals surface area (Å²) in [6.07, 6.45) is -4.97. The Morgan fingerprint density at radius 2 is 2.14 bits per heavy atom. The molecule has 150 valence electrons. The first-order valence-corrected chi connectivity index (χ1v) is 9.16. The fourth-order valence-corrected chi connectivity index (χ4v) is 3.44. The number of nitrogens with zero attached hydrogens (tertiary/aromatic N) is 1. The van der Waals surface area contributed by atoms with Crippen LogP contribution in [0.25, 0.3) is 21.8 Å². The molecule has 2 aromatic carbocycles. The number of hydrogen-bond acceptors (Lipinski definition) is 7. The van der Waals surface area contributed by atoms with Crippen molar-refractivity contribution >= 4 is 27.7 Å². The van der Waals surface area contributed by atoms with Crippen molar-refractivity contribution in [2.45, 2.75) is 37.6 Å². The predicted molar refractivity (Wildman–Crippen MR) is 103 cm³/mol. The Morgan fingerprint density at radius 1 is 1.31 bits per heavy atom. The highest BCUT2D eigenvalue weighted by atomic mass is 16.7. The van der Waals surface area contributed by atoms with Crippen LogP contribution in [0.3, 0.4) is 0 Å².